The lowest BCUT2D eigenvalue weighted by Crippen LogP contribution is -2.23. The van der Waals surface area contributed by atoms with Crippen LogP contribution >= 0.6 is 23.2 Å². The van der Waals surface area contributed by atoms with Gasteiger partial charge in [0.15, 0.2) is 0 Å². The molecule has 0 fully saturated rings. The van der Waals surface area contributed by atoms with E-state index in [1.807, 2.05) is 0 Å². The number of hydrogen-bond donors (Lipinski definition) is 1. The van der Waals surface area contributed by atoms with Crippen molar-refractivity contribution in [1.82, 2.24) is 0 Å². The summed E-state index contributed by atoms with van der Waals surface area (Å²) in [5.74, 6) is 0.0396. The molecule has 2 rings (SSSR count). The molecule has 0 radical (unpaired) electrons. The molecule has 0 aromatic heterocycles. The van der Waals surface area contributed by atoms with Crippen LogP contribution in [0.3, 0.4) is 0 Å². The second-order valence-corrected chi connectivity index (χ2v) is 5.36. The number of ether oxygens (including phenoxy) is 1. The third-order valence-corrected chi connectivity index (χ3v) is 3.79. The number of rotatable bonds is 3. The summed E-state index contributed by atoms with van der Waals surface area (Å²) in [6.07, 6.45) is 0. The van der Waals surface area contributed by atoms with Crippen LogP contribution in [0.2, 0.25) is 10.0 Å². The molecule has 0 heterocycles. The van der Waals surface area contributed by atoms with Crippen LogP contribution in [0.1, 0.15) is 18.1 Å². The van der Waals surface area contributed by atoms with Gasteiger partial charge in [-0.05, 0) is 36.8 Å². The number of benzene rings is 2. The average molecular weight is 315 g/mol. The van der Waals surface area contributed by atoms with Gasteiger partial charge in [0, 0.05) is 10.6 Å². The SMILES string of the molecule is COc1ccc(C(C)(O)c2cc(F)c(Cl)cc2Cl)cc1. The molecule has 2 aromatic rings. The van der Waals surface area contributed by atoms with Crippen LogP contribution in [-0.2, 0) is 5.60 Å². The van der Waals surface area contributed by atoms with Gasteiger partial charge in [-0.1, -0.05) is 35.3 Å². The fourth-order valence-corrected chi connectivity index (χ4v) is 2.53. The highest BCUT2D eigenvalue weighted by atomic mass is 35.5. The van der Waals surface area contributed by atoms with Gasteiger partial charge in [-0.15, -0.1) is 0 Å². The van der Waals surface area contributed by atoms with Crippen LogP contribution in [0.4, 0.5) is 4.39 Å². The normalized spacial score (nSPS) is 13.9. The van der Waals surface area contributed by atoms with Gasteiger partial charge in [-0.3, -0.25) is 0 Å². The number of hydrogen-bond acceptors (Lipinski definition) is 2. The predicted octanol–water partition coefficient (Wildman–Crippen LogP) is 4.40. The van der Waals surface area contributed by atoms with Crippen molar-refractivity contribution in [2.75, 3.05) is 7.11 Å². The summed E-state index contributed by atoms with van der Waals surface area (Å²) in [5.41, 5.74) is -0.609. The first-order chi connectivity index (χ1) is 9.36. The zero-order valence-electron chi connectivity index (χ0n) is 11.0. The third-order valence-electron chi connectivity index (χ3n) is 3.19. The van der Waals surface area contributed by atoms with Crippen LogP contribution in [-0.4, -0.2) is 12.2 Å². The Morgan fingerprint density at radius 3 is 2.25 bits per heavy atom. The fourth-order valence-electron chi connectivity index (χ4n) is 1.97. The van der Waals surface area contributed by atoms with Crippen molar-refractivity contribution in [1.29, 1.82) is 0 Å². The lowest BCUT2D eigenvalue weighted by molar-refractivity contribution is 0.102. The number of methoxy groups -OCH3 is 1. The summed E-state index contributed by atoms with van der Waals surface area (Å²) >= 11 is 11.7. The van der Waals surface area contributed by atoms with Gasteiger partial charge < -0.3 is 9.84 Å². The van der Waals surface area contributed by atoms with Crippen molar-refractivity contribution in [2.24, 2.45) is 0 Å². The number of aliphatic hydroxyl groups is 1. The minimum atomic E-state index is -1.44. The molecule has 2 aromatic carbocycles. The van der Waals surface area contributed by atoms with Gasteiger partial charge >= 0.3 is 0 Å². The monoisotopic (exact) mass is 314 g/mol. The Bertz CT molecular complexity index is 625. The molecule has 0 amide bonds. The van der Waals surface area contributed by atoms with Gasteiger partial charge in [0.2, 0.25) is 0 Å². The van der Waals surface area contributed by atoms with Crippen LogP contribution < -0.4 is 4.74 Å². The van der Waals surface area contributed by atoms with Crippen molar-refractivity contribution in [3.63, 3.8) is 0 Å². The van der Waals surface area contributed by atoms with Crippen LogP contribution in [0.5, 0.6) is 5.75 Å². The molecular formula is C15H13Cl2FO2. The zero-order valence-corrected chi connectivity index (χ0v) is 12.5. The van der Waals surface area contributed by atoms with Gasteiger partial charge in [-0.25, -0.2) is 4.39 Å². The molecule has 0 spiro atoms. The number of halogens is 3. The van der Waals surface area contributed by atoms with E-state index in [4.69, 9.17) is 27.9 Å². The molecule has 0 saturated carbocycles. The van der Waals surface area contributed by atoms with Crippen molar-refractivity contribution in [3.05, 3.63) is 63.4 Å². The Morgan fingerprint density at radius 1 is 1.10 bits per heavy atom. The smallest absolute Gasteiger partial charge is 0.142 e. The highest BCUT2D eigenvalue weighted by Gasteiger charge is 2.29. The second kappa shape index (κ2) is 5.60. The van der Waals surface area contributed by atoms with E-state index in [1.165, 1.54) is 6.07 Å². The first-order valence-electron chi connectivity index (χ1n) is 5.88. The quantitative estimate of drug-likeness (QED) is 0.851. The first kappa shape index (κ1) is 15.1. The Hall–Kier alpha value is -1.29. The maximum Gasteiger partial charge on any atom is 0.142 e. The summed E-state index contributed by atoms with van der Waals surface area (Å²) in [4.78, 5) is 0. The van der Waals surface area contributed by atoms with Crippen LogP contribution in [0, 0.1) is 5.82 Å². The van der Waals surface area contributed by atoms with Gasteiger partial charge in [-0.2, -0.15) is 0 Å². The lowest BCUT2D eigenvalue weighted by atomic mass is 9.88. The molecule has 106 valence electrons. The van der Waals surface area contributed by atoms with E-state index in [-0.39, 0.29) is 15.6 Å². The highest BCUT2D eigenvalue weighted by Crippen LogP contribution is 2.36. The highest BCUT2D eigenvalue weighted by molar-refractivity contribution is 6.35. The van der Waals surface area contributed by atoms with E-state index < -0.39 is 11.4 Å². The summed E-state index contributed by atoms with van der Waals surface area (Å²) in [6.45, 7) is 1.55. The molecule has 20 heavy (non-hydrogen) atoms. The van der Waals surface area contributed by atoms with E-state index in [0.29, 0.717) is 11.3 Å². The van der Waals surface area contributed by atoms with Crippen molar-refractivity contribution < 1.29 is 14.2 Å². The van der Waals surface area contributed by atoms with E-state index in [0.717, 1.165) is 6.07 Å². The molecule has 5 heteroatoms. The molecule has 0 aliphatic carbocycles. The second-order valence-electron chi connectivity index (χ2n) is 4.55. The van der Waals surface area contributed by atoms with Crippen LogP contribution in [0.15, 0.2) is 36.4 Å². The van der Waals surface area contributed by atoms with E-state index in [9.17, 15) is 9.50 Å². The maximum absolute atomic E-state index is 13.6. The minimum absolute atomic E-state index is 0.0794. The fraction of sp³-hybridized carbons (Fsp3) is 0.200. The molecular weight excluding hydrogens is 302 g/mol. The molecule has 0 bridgehead atoms. The standard InChI is InChI=1S/C15H13Cl2FO2/c1-15(19,9-3-5-10(20-2)6-4-9)11-7-14(18)13(17)8-12(11)16/h3-8,19H,1-2H3. The van der Waals surface area contributed by atoms with Gasteiger partial charge in [0.05, 0.1) is 12.1 Å². The predicted molar refractivity (Wildman–Crippen MR) is 78.1 cm³/mol. The lowest BCUT2D eigenvalue weighted by Gasteiger charge is -2.26. The average Bonchev–Trinajstić information content (AvgIpc) is 2.42. The molecule has 1 N–H and O–H groups in total. The van der Waals surface area contributed by atoms with E-state index >= 15 is 0 Å². The summed E-state index contributed by atoms with van der Waals surface area (Å²) < 4.78 is 18.7. The largest absolute Gasteiger partial charge is 0.497 e. The molecule has 0 aliphatic heterocycles. The Morgan fingerprint density at radius 2 is 1.70 bits per heavy atom. The van der Waals surface area contributed by atoms with Crippen LogP contribution in [0.25, 0.3) is 0 Å². The third kappa shape index (κ3) is 2.75. The van der Waals surface area contributed by atoms with Crippen molar-refractivity contribution in [2.45, 2.75) is 12.5 Å². The Balaban J connectivity index is 2.50. The topological polar surface area (TPSA) is 29.5 Å². The Labute approximate surface area is 126 Å². The van der Waals surface area contributed by atoms with E-state index in [1.54, 1.807) is 38.3 Å². The molecule has 0 saturated heterocycles. The molecule has 2 nitrogen and oxygen atoms in total. The zero-order chi connectivity index (χ0) is 14.9. The van der Waals surface area contributed by atoms with Gasteiger partial charge in [0.25, 0.3) is 0 Å². The molecule has 1 atom stereocenters. The summed E-state index contributed by atoms with van der Waals surface area (Å²) in [6, 6.07) is 9.25. The van der Waals surface area contributed by atoms with Crippen molar-refractivity contribution in [3.8, 4) is 5.75 Å². The summed E-state index contributed by atoms with van der Waals surface area (Å²) in [7, 11) is 1.55. The first-order valence-corrected chi connectivity index (χ1v) is 6.63. The summed E-state index contributed by atoms with van der Waals surface area (Å²) in [5, 5.41) is 10.8. The minimum Gasteiger partial charge on any atom is -0.497 e. The molecule has 0 aliphatic rings. The maximum atomic E-state index is 13.6. The Kier molecular flexibility index (Phi) is 4.23. The molecule has 1 unspecified atom stereocenters. The van der Waals surface area contributed by atoms with Crippen molar-refractivity contribution >= 4 is 23.2 Å². The van der Waals surface area contributed by atoms with E-state index in [2.05, 4.69) is 0 Å². The van der Waals surface area contributed by atoms with Gasteiger partial charge in [0.1, 0.15) is 17.2 Å².